The average molecular weight is 364 g/mol. The van der Waals surface area contributed by atoms with Gasteiger partial charge in [-0.3, -0.25) is 19.9 Å². The number of hydrogen-bond donors (Lipinski definition) is 2. The molecule has 1 aromatic carbocycles. The molecule has 2 aromatic heterocycles. The van der Waals surface area contributed by atoms with Gasteiger partial charge in [-0.05, 0) is 43.9 Å². The number of carbonyl (C=O) groups excluding carboxylic acids is 1. The number of carboxylic acid groups (broad SMARTS) is 1. The van der Waals surface area contributed by atoms with E-state index in [0.29, 0.717) is 29.9 Å². The summed E-state index contributed by atoms with van der Waals surface area (Å²) in [6, 6.07) is 11.0. The summed E-state index contributed by atoms with van der Waals surface area (Å²) in [6.07, 6.45) is 6.09. The first-order valence-electron chi connectivity index (χ1n) is 9.04. The molecule has 7 heteroatoms. The maximum Gasteiger partial charge on any atom is 0.306 e. The smallest absolute Gasteiger partial charge is 0.306 e. The Morgan fingerprint density at radius 1 is 1.07 bits per heavy atom. The Morgan fingerprint density at radius 3 is 2.52 bits per heavy atom. The summed E-state index contributed by atoms with van der Waals surface area (Å²) in [4.78, 5) is 32.5. The highest BCUT2D eigenvalue weighted by Gasteiger charge is 2.29. The van der Waals surface area contributed by atoms with E-state index < -0.39 is 5.97 Å². The predicted octanol–water partition coefficient (Wildman–Crippen LogP) is 3.50. The lowest BCUT2D eigenvalue weighted by molar-refractivity contribution is -0.143. The highest BCUT2D eigenvalue weighted by atomic mass is 16.4. The molecule has 7 nitrogen and oxygen atoms in total. The van der Waals surface area contributed by atoms with E-state index in [0.717, 1.165) is 18.4 Å². The van der Waals surface area contributed by atoms with Crippen LogP contribution >= 0.6 is 0 Å². The van der Waals surface area contributed by atoms with Gasteiger partial charge >= 0.3 is 5.97 Å². The Hall–Kier alpha value is -3.22. The van der Waals surface area contributed by atoms with Crippen molar-refractivity contribution in [3.05, 3.63) is 54.4 Å². The number of aromatic nitrogens is 3. The van der Waals surface area contributed by atoms with Gasteiger partial charge in [0.1, 0.15) is 5.52 Å². The van der Waals surface area contributed by atoms with E-state index in [9.17, 15) is 14.7 Å². The molecule has 2 N–H and O–H groups in total. The van der Waals surface area contributed by atoms with Crippen LogP contribution in [-0.4, -0.2) is 31.5 Å². The van der Waals surface area contributed by atoms with Gasteiger partial charge in [0.2, 0.25) is 5.95 Å². The van der Waals surface area contributed by atoms with E-state index >= 15 is 0 Å². The maximum absolute atomic E-state index is 12.6. The third-order valence-corrected chi connectivity index (χ3v) is 5.16. The van der Waals surface area contributed by atoms with Crippen molar-refractivity contribution in [1.82, 2.24) is 14.5 Å². The topological polar surface area (TPSA) is 97.1 Å². The Balaban J connectivity index is 1.66. The Labute approximate surface area is 156 Å². The van der Waals surface area contributed by atoms with Crippen molar-refractivity contribution in [2.75, 3.05) is 5.32 Å². The first-order valence-corrected chi connectivity index (χ1v) is 9.04. The van der Waals surface area contributed by atoms with Crippen LogP contribution in [0.2, 0.25) is 0 Å². The quantitative estimate of drug-likeness (QED) is 0.738. The number of aliphatic carboxylic acids is 1. The molecule has 0 unspecified atom stereocenters. The number of benzene rings is 1. The number of anilines is 1. The standard InChI is InChI=1S/C20H20N4O3/c25-18(13-4-2-1-3-5-13)23-20-22-16-12-21-11-10-17(16)24(20)15-8-6-14(7-9-15)19(26)27/h1-5,10-12,14-15H,6-9H2,(H,26,27)(H,22,23,25). The first kappa shape index (κ1) is 17.2. The van der Waals surface area contributed by atoms with Gasteiger partial charge in [0.25, 0.3) is 5.91 Å². The van der Waals surface area contributed by atoms with Crippen molar-refractivity contribution in [1.29, 1.82) is 0 Å². The summed E-state index contributed by atoms with van der Waals surface area (Å²) in [5, 5.41) is 12.2. The second-order valence-electron chi connectivity index (χ2n) is 6.83. The summed E-state index contributed by atoms with van der Waals surface area (Å²) in [7, 11) is 0. The molecule has 0 atom stereocenters. The molecule has 27 heavy (non-hydrogen) atoms. The van der Waals surface area contributed by atoms with Crippen LogP contribution in [-0.2, 0) is 4.79 Å². The number of carboxylic acids is 1. The number of rotatable bonds is 4. The lowest BCUT2D eigenvalue weighted by Crippen LogP contribution is -2.25. The molecule has 0 aliphatic heterocycles. The van der Waals surface area contributed by atoms with E-state index in [-0.39, 0.29) is 17.9 Å². The van der Waals surface area contributed by atoms with Crippen LogP contribution < -0.4 is 5.32 Å². The van der Waals surface area contributed by atoms with Gasteiger partial charge in [-0.25, -0.2) is 4.98 Å². The second-order valence-corrected chi connectivity index (χ2v) is 6.83. The number of nitrogens with one attached hydrogen (secondary N) is 1. The zero-order valence-corrected chi connectivity index (χ0v) is 14.7. The number of nitrogens with zero attached hydrogens (tertiary/aromatic N) is 3. The van der Waals surface area contributed by atoms with Crippen molar-refractivity contribution in [3.63, 3.8) is 0 Å². The lowest BCUT2D eigenvalue weighted by atomic mass is 9.86. The van der Waals surface area contributed by atoms with E-state index in [2.05, 4.69) is 15.3 Å². The van der Waals surface area contributed by atoms with Gasteiger partial charge in [0.05, 0.1) is 17.6 Å². The van der Waals surface area contributed by atoms with Crippen LogP contribution in [0.25, 0.3) is 11.0 Å². The summed E-state index contributed by atoms with van der Waals surface area (Å²) >= 11 is 0. The number of amides is 1. The van der Waals surface area contributed by atoms with Gasteiger partial charge in [-0.15, -0.1) is 0 Å². The molecule has 3 aromatic rings. The Kier molecular flexibility index (Phi) is 4.58. The molecule has 0 spiro atoms. The number of hydrogen-bond acceptors (Lipinski definition) is 4. The molecule has 1 fully saturated rings. The van der Waals surface area contributed by atoms with Gasteiger partial charge in [0, 0.05) is 17.8 Å². The van der Waals surface area contributed by atoms with Gasteiger partial charge in [0.15, 0.2) is 0 Å². The van der Waals surface area contributed by atoms with Crippen molar-refractivity contribution >= 4 is 28.9 Å². The number of fused-ring (bicyclic) bond motifs is 1. The lowest BCUT2D eigenvalue weighted by Gasteiger charge is -2.28. The molecule has 2 heterocycles. The Bertz CT molecular complexity index is 975. The molecule has 0 saturated heterocycles. The minimum atomic E-state index is -0.731. The average Bonchev–Trinajstić information content (AvgIpc) is 3.06. The van der Waals surface area contributed by atoms with E-state index in [4.69, 9.17) is 0 Å². The summed E-state index contributed by atoms with van der Waals surface area (Å²) in [5.74, 6) is -0.768. The third kappa shape index (κ3) is 3.40. The fourth-order valence-electron chi connectivity index (χ4n) is 3.75. The van der Waals surface area contributed by atoms with Crippen molar-refractivity contribution in [3.8, 4) is 0 Å². The third-order valence-electron chi connectivity index (χ3n) is 5.16. The molecule has 0 radical (unpaired) electrons. The summed E-state index contributed by atoms with van der Waals surface area (Å²) < 4.78 is 2.02. The zero-order valence-electron chi connectivity index (χ0n) is 14.7. The highest BCUT2D eigenvalue weighted by molar-refractivity contribution is 6.04. The van der Waals surface area contributed by atoms with Gasteiger partial charge < -0.3 is 9.67 Å². The number of pyridine rings is 1. The first-order chi connectivity index (χ1) is 13.1. The largest absolute Gasteiger partial charge is 0.481 e. The normalized spacial score (nSPS) is 19.7. The van der Waals surface area contributed by atoms with Gasteiger partial charge in [-0.1, -0.05) is 18.2 Å². The van der Waals surface area contributed by atoms with Crippen molar-refractivity contribution in [2.45, 2.75) is 31.7 Å². The van der Waals surface area contributed by atoms with E-state index in [1.165, 1.54) is 0 Å². The van der Waals surface area contributed by atoms with E-state index in [1.54, 1.807) is 24.5 Å². The van der Waals surface area contributed by atoms with Crippen molar-refractivity contribution in [2.24, 2.45) is 5.92 Å². The predicted molar refractivity (Wildman–Crippen MR) is 101 cm³/mol. The molecule has 1 aliphatic rings. The molecule has 1 aliphatic carbocycles. The molecular formula is C20H20N4O3. The SMILES string of the molecule is O=C(Nc1nc2cnccc2n1C1CCC(C(=O)O)CC1)c1ccccc1. The second kappa shape index (κ2) is 7.19. The number of imidazole rings is 1. The molecule has 0 bridgehead atoms. The molecule has 1 amide bonds. The van der Waals surface area contributed by atoms with Crippen LogP contribution in [0.5, 0.6) is 0 Å². The fraction of sp³-hybridized carbons (Fsp3) is 0.300. The monoisotopic (exact) mass is 364 g/mol. The summed E-state index contributed by atoms with van der Waals surface area (Å²) in [6.45, 7) is 0. The number of carbonyl (C=O) groups is 2. The molecule has 4 rings (SSSR count). The molecular weight excluding hydrogens is 344 g/mol. The minimum absolute atomic E-state index is 0.0964. The highest BCUT2D eigenvalue weighted by Crippen LogP contribution is 2.36. The molecule has 138 valence electrons. The van der Waals surface area contributed by atoms with Crippen LogP contribution in [0.1, 0.15) is 42.1 Å². The minimum Gasteiger partial charge on any atom is -0.481 e. The molecule has 1 saturated carbocycles. The summed E-state index contributed by atoms with van der Waals surface area (Å²) in [5.41, 5.74) is 2.16. The maximum atomic E-state index is 12.6. The Morgan fingerprint density at radius 2 is 1.81 bits per heavy atom. The van der Waals surface area contributed by atoms with Crippen LogP contribution in [0.3, 0.4) is 0 Å². The van der Waals surface area contributed by atoms with Crippen LogP contribution in [0.15, 0.2) is 48.8 Å². The van der Waals surface area contributed by atoms with Crippen LogP contribution in [0, 0.1) is 5.92 Å². The fourth-order valence-corrected chi connectivity index (χ4v) is 3.75. The van der Waals surface area contributed by atoms with Crippen molar-refractivity contribution < 1.29 is 14.7 Å². The van der Waals surface area contributed by atoms with E-state index in [1.807, 2.05) is 28.8 Å². The van der Waals surface area contributed by atoms with Crippen LogP contribution in [0.4, 0.5) is 5.95 Å². The van der Waals surface area contributed by atoms with Gasteiger partial charge in [-0.2, -0.15) is 0 Å². The zero-order chi connectivity index (χ0) is 18.8.